The normalized spacial score (nSPS) is 15.2. The van der Waals surface area contributed by atoms with E-state index in [2.05, 4.69) is 13.8 Å². The summed E-state index contributed by atoms with van der Waals surface area (Å²) in [6, 6.07) is 1.93. The van der Waals surface area contributed by atoms with Crippen LogP contribution in [0.4, 0.5) is 0 Å². The van der Waals surface area contributed by atoms with Gasteiger partial charge in [0.1, 0.15) is 5.92 Å². The van der Waals surface area contributed by atoms with Crippen molar-refractivity contribution in [3.63, 3.8) is 0 Å². The van der Waals surface area contributed by atoms with Crippen molar-refractivity contribution in [1.82, 2.24) is 0 Å². The summed E-state index contributed by atoms with van der Waals surface area (Å²) in [5.41, 5.74) is 5.06. The number of rotatable bonds is 4. The van der Waals surface area contributed by atoms with Crippen LogP contribution < -0.4 is 5.73 Å². The van der Waals surface area contributed by atoms with Crippen molar-refractivity contribution in [2.75, 3.05) is 0 Å². The fourth-order valence-corrected chi connectivity index (χ4v) is 1.35. The molecule has 3 heteroatoms. The molecule has 0 aliphatic heterocycles. The number of primary amides is 1. The van der Waals surface area contributed by atoms with E-state index in [1.807, 2.05) is 13.0 Å². The zero-order valence-electron chi connectivity index (χ0n) is 7.87. The number of hydrogen-bond donors (Lipinski definition) is 1. The van der Waals surface area contributed by atoms with E-state index >= 15 is 0 Å². The topological polar surface area (TPSA) is 66.9 Å². The van der Waals surface area contributed by atoms with Gasteiger partial charge in [0, 0.05) is 0 Å². The summed E-state index contributed by atoms with van der Waals surface area (Å²) in [5.74, 6) is -0.583. The molecule has 0 heterocycles. The number of carbonyl (C=O) groups is 1. The molecule has 2 atom stereocenters. The first kappa shape index (κ1) is 11.0. The van der Waals surface area contributed by atoms with Gasteiger partial charge in [-0.1, -0.05) is 20.8 Å². The molecule has 3 nitrogen and oxygen atoms in total. The van der Waals surface area contributed by atoms with E-state index in [-0.39, 0.29) is 5.92 Å². The van der Waals surface area contributed by atoms with E-state index < -0.39 is 11.8 Å². The third-order valence-electron chi connectivity index (χ3n) is 1.86. The lowest BCUT2D eigenvalue weighted by molar-refractivity contribution is -0.121. The zero-order valence-corrected chi connectivity index (χ0v) is 7.87. The van der Waals surface area contributed by atoms with Crippen LogP contribution in [-0.2, 0) is 4.79 Å². The van der Waals surface area contributed by atoms with E-state index in [0.29, 0.717) is 5.92 Å². The molecule has 0 aliphatic carbocycles. The first-order valence-electron chi connectivity index (χ1n) is 4.18. The molecule has 0 bridgehead atoms. The summed E-state index contributed by atoms with van der Waals surface area (Å²) in [6.45, 7) is 6.01. The minimum absolute atomic E-state index is 0.0625. The van der Waals surface area contributed by atoms with Gasteiger partial charge in [0.15, 0.2) is 0 Å². The van der Waals surface area contributed by atoms with Gasteiger partial charge in [-0.2, -0.15) is 5.26 Å². The Morgan fingerprint density at radius 1 is 1.50 bits per heavy atom. The summed E-state index contributed by atoms with van der Waals surface area (Å²) >= 11 is 0. The second-order valence-corrected chi connectivity index (χ2v) is 3.62. The van der Waals surface area contributed by atoms with Crippen LogP contribution in [0.15, 0.2) is 0 Å². The van der Waals surface area contributed by atoms with E-state index in [0.717, 1.165) is 6.42 Å². The molecule has 2 N–H and O–H groups in total. The highest BCUT2D eigenvalue weighted by atomic mass is 16.1. The lowest BCUT2D eigenvalue weighted by Gasteiger charge is -2.16. The molecule has 0 aliphatic rings. The molecule has 1 amide bonds. The Labute approximate surface area is 73.6 Å². The summed E-state index contributed by atoms with van der Waals surface area (Å²) < 4.78 is 0. The second kappa shape index (κ2) is 4.76. The van der Waals surface area contributed by atoms with Gasteiger partial charge < -0.3 is 5.73 Å². The molecule has 0 saturated heterocycles. The van der Waals surface area contributed by atoms with Gasteiger partial charge in [0.05, 0.1) is 6.07 Å². The van der Waals surface area contributed by atoms with Crippen LogP contribution in [0.3, 0.4) is 0 Å². The Morgan fingerprint density at radius 2 is 2.00 bits per heavy atom. The van der Waals surface area contributed by atoms with E-state index in [9.17, 15) is 4.79 Å². The Hall–Kier alpha value is -1.04. The van der Waals surface area contributed by atoms with Crippen molar-refractivity contribution in [1.29, 1.82) is 5.26 Å². The Bertz CT molecular complexity index is 193. The molecule has 0 aromatic heterocycles. The quantitative estimate of drug-likeness (QED) is 0.687. The number of amides is 1. The average molecular weight is 168 g/mol. The number of nitrogens with two attached hydrogens (primary N) is 1. The van der Waals surface area contributed by atoms with Crippen molar-refractivity contribution in [3.05, 3.63) is 0 Å². The SMILES string of the molecule is CC(C)C[C@H](C)[C@H](C#N)C(N)=O. The molecule has 0 rings (SSSR count). The molecule has 0 fully saturated rings. The monoisotopic (exact) mass is 168 g/mol. The minimum atomic E-state index is -0.632. The predicted octanol–water partition coefficient (Wildman–Crippen LogP) is 1.29. The predicted molar refractivity (Wildman–Crippen MR) is 46.9 cm³/mol. The van der Waals surface area contributed by atoms with E-state index in [1.54, 1.807) is 0 Å². The summed E-state index contributed by atoms with van der Waals surface area (Å²) in [6.07, 6.45) is 0.862. The smallest absolute Gasteiger partial charge is 0.235 e. The van der Waals surface area contributed by atoms with Crippen LogP contribution >= 0.6 is 0 Å². The second-order valence-electron chi connectivity index (χ2n) is 3.62. The van der Waals surface area contributed by atoms with Gasteiger partial charge in [-0.05, 0) is 18.3 Å². The van der Waals surface area contributed by atoms with E-state index in [1.165, 1.54) is 0 Å². The number of nitrogens with zero attached hydrogens (tertiary/aromatic N) is 1. The molecular formula is C9H16N2O. The fourth-order valence-electron chi connectivity index (χ4n) is 1.35. The third kappa shape index (κ3) is 3.38. The average Bonchev–Trinajstić information content (AvgIpc) is 1.85. The summed E-state index contributed by atoms with van der Waals surface area (Å²) in [5, 5.41) is 8.63. The molecule has 68 valence electrons. The molecule has 0 aromatic carbocycles. The van der Waals surface area contributed by atoms with Crippen LogP contribution in [0, 0.1) is 29.1 Å². The van der Waals surface area contributed by atoms with Crippen LogP contribution in [0.2, 0.25) is 0 Å². The molecule has 12 heavy (non-hydrogen) atoms. The molecule has 0 spiro atoms. The van der Waals surface area contributed by atoms with Crippen LogP contribution in [0.5, 0.6) is 0 Å². The standard InChI is InChI=1S/C9H16N2O/c1-6(2)4-7(3)8(5-10)9(11)12/h6-8H,4H2,1-3H3,(H2,11,12)/t7-,8-/m0/s1. The Balaban J connectivity index is 4.15. The van der Waals surface area contributed by atoms with Crippen molar-refractivity contribution < 1.29 is 4.79 Å². The van der Waals surface area contributed by atoms with Gasteiger partial charge in [-0.15, -0.1) is 0 Å². The molecule has 0 radical (unpaired) electrons. The van der Waals surface area contributed by atoms with Crippen molar-refractivity contribution in [2.45, 2.75) is 27.2 Å². The van der Waals surface area contributed by atoms with Crippen LogP contribution in [0.25, 0.3) is 0 Å². The highest BCUT2D eigenvalue weighted by Gasteiger charge is 2.22. The van der Waals surface area contributed by atoms with Crippen LogP contribution in [-0.4, -0.2) is 5.91 Å². The molecule has 0 unspecified atom stereocenters. The first-order chi connectivity index (χ1) is 5.49. The van der Waals surface area contributed by atoms with Crippen molar-refractivity contribution in [3.8, 4) is 6.07 Å². The van der Waals surface area contributed by atoms with Gasteiger partial charge in [-0.3, -0.25) is 4.79 Å². The molecular weight excluding hydrogens is 152 g/mol. The highest BCUT2D eigenvalue weighted by Crippen LogP contribution is 2.19. The molecule has 0 aromatic rings. The zero-order chi connectivity index (χ0) is 9.72. The summed E-state index contributed by atoms with van der Waals surface area (Å²) in [7, 11) is 0. The molecule has 0 saturated carbocycles. The third-order valence-corrected chi connectivity index (χ3v) is 1.86. The minimum Gasteiger partial charge on any atom is -0.369 e. The lowest BCUT2D eigenvalue weighted by atomic mass is 9.87. The van der Waals surface area contributed by atoms with Crippen molar-refractivity contribution in [2.24, 2.45) is 23.5 Å². The van der Waals surface area contributed by atoms with Crippen LogP contribution in [0.1, 0.15) is 27.2 Å². The Morgan fingerprint density at radius 3 is 2.25 bits per heavy atom. The maximum Gasteiger partial charge on any atom is 0.235 e. The maximum absolute atomic E-state index is 10.8. The number of nitriles is 1. The number of carbonyl (C=O) groups excluding carboxylic acids is 1. The lowest BCUT2D eigenvalue weighted by Crippen LogP contribution is -2.28. The fraction of sp³-hybridized carbons (Fsp3) is 0.778. The highest BCUT2D eigenvalue weighted by molar-refractivity contribution is 5.79. The Kier molecular flexibility index (Phi) is 4.35. The van der Waals surface area contributed by atoms with Crippen molar-refractivity contribution >= 4 is 5.91 Å². The van der Waals surface area contributed by atoms with Gasteiger partial charge in [0.25, 0.3) is 0 Å². The maximum atomic E-state index is 10.8. The van der Waals surface area contributed by atoms with E-state index in [4.69, 9.17) is 11.0 Å². The van der Waals surface area contributed by atoms with Gasteiger partial charge >= 0.3 is 0 Å². The van der Waals surface area contributed by atoms with Gasteiger partial charge in [0.2, 0.25) is 5.91 Å². The first-order valence-corrected chi connectivity index (χ1v) is 4.18. The van der Waals surface area contributed by atoms with Gasteiger partial charge in [-0.25, -0.2) is 0 Å². The summed E-state index contributed by atoms with van der Waals surface area (Å²) in [4.78, 5) is 10.8. The largest absolute Gasteiger partial charge is 0.369 e. The number of hydrogen-bond acceptors (Lipinski definition) is 2.